The average molecular weight is 302 g/mol. The number of halogens is 1. The van der Waals surface area contributed by atoms with Gasteiger partial charge in [-0.2, -0.15) is 0 Å². The minimum atomic E-state index is 0.534. The minimum absolute atomic E-state index is 0.534. The number of hydrogen-bond acceptors (Lipinski definition) is 3. The van der Waals surface area contributed by atoms with E-state index in [0.717, 1.165) is 16.3 Å². The van der Waals surface area contributed by atoms with Gasteiger partial charge < -0.3 is 0 Å². The van der Waals surface area contributed by atoms with Gasteiger partial charge in [0.05, 0.1) is 5.56 Å². The zero-order valence-corrected chi connectivity index (χ0v) is 10.8. The van der Waals surface area contributed by atoms with Crippen molar-refractivity contribution in [2.24, 2.45) is 0 Å². The summed E-state index contributed by atoms with van der Waals surface area (Å²) in [5, 5.41) is 4.36. The number of aromatic nitrogens is 3. The van der Waals surface area contributed by atoms with E-state index < -0.39 is 0 Å². The Labute approximate surface area is 111 Å². The molecule has 88 valence electrons. The van der Waals surface area contributed by atoms with Crippen molar-refractivity contribution < 1.29 is 4.79 Å². The second-order valence-corrected chi connectivity index (χ2v) is 4.71. The second-order valence-electron chi connectivity index (χ2n) is 3.80. The SMILES string of the molecule is O=Cc1cccn2nc(-c3cccc(Br)c3)nc12. The van der Waals surface area contributed by atoms with Gasteiger partial charge in [0.2, 0.25) is 0 Å². The van der Waals surface area contributed by atoms with Gasteiger partial charge in [0.15, 0.2) is 17.8 Å². The number of carbonyl (C=O) groups excluding carboxylic acids is 1. The van der Waals surface area contributed by atoms with Crippen LogP contribution in [0, 0.1) is 0 Å². The van der Waals surface area contributed by atoms with Crippen LogP contribution < -0.4 is 0 Å². The summed E-state index contributed by atoms with van der Waals surface area (Å²) in [6, 6.07) is 11.2. The molecule has 0 atom stereocenters. The lowest BCUT2D eigenvalue weighted by Gasteiger charge is -1.94. The van der Waals surface area contributed by atoms with Crippen molar-refractivity contribution in [2.45, 2.75) is 0 Å². The largest absolute Gasteiger partial charge is 0.298 e. The Morgan fingerprint density at radius 2 is 2.11 bits per heavy atom. The Morgan fingerprint density at radius 3 is 2.89 bits per heavy atom. The van der Waals surface area contributed by atoms with E-state index in [1.54, 1.807) is 22.8 Å². The first-order valence-corrected chi connectivity index (χ1v) is 6.14. The van der Waals surface area contributed by atoms with Crippen LogP contribution in [0.1, 0.15) is 10.4 Å². The van der Waals surface area contributed by atoms with E-state index in [9.17, 15) is 4.79 Å². The summed E-state index contributed by atoms with van der Waals surface area (Å²) in [5.74, 6) is 0.602. The number of carbonyl (C=O) groups is 1. The summed E-state index contributed by atoms with van der Waals surface area (Å²) in [4.78, 5) is 15.3. The molecule has 0 aliphatic heterocycles. The van der Waals surface area contributed by atoms with Gasteiger partial charge in [-0.05, 0) is 24.3 Å². The molecule has 0 saturated heterocycles. The summed E-state index contributed by atoms with van der Waals surface area (Å²) >= 11 is 3.41. The third kappa shape index (κ3) is 1.82. The van der Waals surface area contributed by atoms with Crippen LogP contribution in [-0.2, 0) is 0 Å². The predicted octanol–water partition coefficient (Wildman–Crippen LogP) is 2.97. The fourth-order valence-corrected chi connectivity index (χ4v) is 2.17. The van der Waals surface area contributed by atoms with E-state index in [2.05, 4.69) is 26.0 Å². The molecular weight excluding hydrogens is 294 g/mol. The van der Waals surface area contributed by atoms with Crippen LogP contribution in [0.25, 0.3) is 17.0 Å². The summed E-state index contributed by atoms with van der Waals surface area (Å²) < 4.78 is 2.58. The monoisotopic (exact) mass is 301 g/mol. The molecule has 2 aromatic heterocycles. The van der Waals surface area contributed by atoms with Gasteiger partial charge in [-0.1, -0.05) is 28.1 Å². The van der Waals surface area contributed by atoms with Crippen LogP contribution in [-0.4, -0.2) is 20.9 Å². The van der Waals surface area contributed by atoms with Crippen molar-refractivity contribution in [2.75, 3.05) is 0 Å². The van der Waals surface area contributed by atoms with Crippen LogP contribution in [0.15, 0.2) is 47.1 Å². The van der Waals surface area contributed by atoms with Gasteiger partial charge in [0.1, 0.15) is 0 Å². The summed E-state index contributed by atoms with van der Waals surface area (Å²) in [7, 11) is 0. The smallest absolute Gasteiger partial charge is 0.182 e. The molecule has 0 aliphatic rings. The molecule has 0 radical (unpaired) electrons. The van der Waals surface area contributed by atoms with Gasteiger partial charge in [-0.25, -0.2) is 9.50 Å². The molecular formula is C13H8BrN3O. The molecule has 0 N–H and O–H groups in total. The molecule has 1 aromatic carbocycles. The molecule has 0 aliphatic carbocycles. The van der Waals surface area contributed by atoms with Gasteiger partial charge in [0, 0.05) is 16.2 Å². The number of benzene rings is 1. The maximum absolute atomic E-state index is 10.9. The Bertz CT molecular complexity index is 736. The molecule has 0 spiro atoms. The third-order valence-corrected chi connectivity index (χ3v) is 3.10. The van der Waals surface area contributed by atoms with E-state index in [0.29, 0.717) is 17.0 Å². The lowest BCUT2D eigenvalue weighted by atomic mass is 10.2. The fourth-order valence-electron chi connectivity index (χ4n) is 1.77. The fraction of sp³-hybridized carbons (Fsp3) is 0. The molecule has 0 saturated carbocycles. The van der Waals surface area contributed by atoms with E-state index in [1.807, 2.05) is 24.3 Å². The summed E-state index contributed by atoms with van der Waals surface area (Å²) in [6.45, 7) is 0. The molecule has 3 aromatic rings. The van der Waals surface area contributed by atoms with E-state index in [-0.39, 0.29) is 0 Å². The number of fused-ring (bicyclic) bond motifs is 1. The van der Waals surface area contributed by atoms with Crippen LogP contribution in [0.3, 0.4) is 0 Å². The first-order valence-electron chi connectivity index (χ1n) is 5.34. The Kier molecular flexibility index (Phi) is 2.68. The Balaban J connectivity index is 2.22. The summed E-state index contributed by atoms with van der Waals surface area (Å²) in [6.07, 6.45) is 2.56. The molecule has 0 bridgehead atoms. The topological polar surface area (TPSA) is 47.3 Å². The predicted molar refractivity (Wildman–Crippen MR) is 71.5 cm³/mol. The lowest BCUT2D eigenvalue weighted by Crippen LogP contribution is -1.90. The normalized spacial score (nSPS) is 10.7. The van der Waals surface area contributed by atoms with Crippen LogP contribution in [0.2, 0.25) is 0 Å². The number of aldehydes is 1. The van der Waals surface area contributed by atoms with Crippen molar-refractivity contribution in [1.29, 1.82) is 0 Å². The summed E-state index contributed by atoms with van der Waals surface area (Å²) in [5.41, 5.74) is 2.01. The van der Waals surface area contributed by atoms with Gasteiger partial charge in [0.25, 0.3) is 0 Å². The molecule has 0 amide bonds. The molecule has 0 fully saturated rings. The lowest BCUT2D eigenvalue weighted by molar-refractivity contribution is 0.112. The van der Waals surface area contributed by atoms with Crippen LogP contribution in [0.5, 0.6) is 0 Å². The average Bonchev–Trinajstić information content (AvgIpc) is 2.82. The molecule has 5 heteroatoms. The van der Waals surface area contributed by atoms with E-state index >= 15 is 0 Å². The minimum Gasteiger partial charge on any atom is -0.298 e. The molecule has 2 heterocycles. The second kappa shape index (κ2) is 4.34. The molecule has 0 unspecified atom stereocenters. The first-order chi connectivity index (χ1) is 8.78. The van der Waals surface area contributed by atoms with Crippen molar-refractivity contribution in [3.8, 4) is 11.4 Å². The van der Waals surface area contributed by atoms with Crippen molar-refractivity contribution in [3.05, 3.63) is 52.6 Å². The molecule has 4 nitrogen and oxygen atoms in total. The van der Waals surface area contributed by atoms with Crippen molar-refractivity contribution in [1.82, 2.24) is 14.6 Å². The number of pyridine rings is 1. The quantitative estimate of drug-likeness (QED) is 0.684. The highest BCUT2D eigenvalue weighted by molar-refractivity contribution is 9.10. The standard InChI is InChI=1S/C13H8BrN3O/c14-11-5-1-3-9(7-11)12-15-13-10(8-18)4-2-6-17(13)16-12/h1-8H. The van der Waals surface area contributed by atoms with Crippen LogP contribution >= 0.6 is 15.9 Å². The zero-order chi connectivity index (χ0) is 12.5. The van der Waals surface area contributed by atoms with Gasteiger partial charge in [-0.15, -0.1) is 5.10 Å². The Morgan fingerprint density at radius 1 is 1.22 bits per heavy atom. The van der Waals surface area contributed by atoms with Crippen molar-refractivity contribution >= 4 is 27.9 Å². The van der Waals surface area contributed by atoms with E-state index in [1.165, 1.54) is 0 Å². The van der Waals surface area contributed by atoms with Crippen molar-refractivity contribution in [3.63, 3.8) is 0 Å². The number of nitrogens with zero attached hydrogens (tertiary/aromatic N) is 3. The third-order valence-electron chi connectivity index (χ3n) is 2.60. The first kappa shape index (κ1) is 11.1. The highest BCUT2D eigenvalue weighted by Crippen LogP contribution is 2.21. The Hall–Kier alpha value is -2.01. The highest BCUT2D eigenvalue weighted by Gasteiger charge is 2.09. The maximum Gasteiger partial charge on any atom is 0.182 e. The zero-order valence-electron chi connectivity index (χ0n) is 9.25. The number of hydrogen-bond donors (Lipinski definition) is 0. The maximum atomic E-state index is 10.9. The molecule has 3 rings (SSSR count). The van der Waals surface area contributed by atoms with Crippen LogP contribution in [0.4, 0.5) is 0 Å². The number of rotatable bonds is 2. The van der Waals surface area contributed by atoms with Gasteiger partial charge >= 0.3 is 0 Å². The molecule has 18 heavy (non-hydrogen) atoms. The van der Waals surface area contributed by atoms with Gasteiger partial charge in [-0.3, -0.25) is 4.79 Å². The van der Waals surface area contributed by atoms with E-state index in [4.69, 9.17) is 0 Å². The highest BCUT2D eigenvalue weighted by atomic mass is 79.9.